The summed E-state index contributed by atoms with van der Waals surface area (Å²) in [6.07, 6.45) is 0.322. The number of amides is 2. The van der Waals surface area contributed by atoms with E-state index in [-0.39, 0.29) is 24.2 Å². The number of halogens is 1. The van der Waals surface area contributed by atoms with Crippen LogP contribution in [0.1, 0.15) is 6.42 Å². The molecule has 0 aliphatic heterocycles. The van der Waals surface area contributed by atoms with Gasteiger partial charge in [0.2, 0.25) is 11.8 Å². The zero-order chi connectivity index (χ0) is 14.3. The van der Waals surface area contributed by atoms with Crippen molar-refractivity contribution in [2.45, 2.75) is 11.3 Å². The third-order valence-corrected chi connectivity index (χ3v) is 3.36. The lowest BCUT2D eigenvalue weighted by molar-refractivity contribution is -0.130. The van der Waals surface area contributed by atoms with E-state index in [9.17, 15) is 14.0 Å². The van der Waals surface area contributed by atoms with Crippen molar-refractivity contribution in [3.63, 3.8) is 0 Å². The number of benzene rings is 1. The van der Waals surface area contributed by atoms with Crippen LogP contribution in [0.25, 0.3) is 0 Å². The molecule has 1 N–H and O–H groups in total. The first kappa shape index (κ1) is 15.5. The summed E-state index contributed by atoms with van der Waals surface area (Å²) in [5.41, 5.74) is 0. The molecule has 0 atom stereocenters. The van der Waals surface area contributed by atoms with Crippen molar-refractivity contribution >= 4 is 23.6 Å². The zero-order valence-electron chi connectivity index (χ0n) is 11.0. The van der Waals surface area contributed by atoms with Crippen LogP contribution in [0.2, 0.25) is 0 Å². The molecule has 1 aromatic rings. The Kier molecular flexibility index (Phi) is 6.35. The minimum atomic E-state index is -0.274. The second kappa shape index (κ2) is 7.78. The average molecular weight is 284 g/mol. The molecule has 0 saturated carbocycles. The largest absolute Gasteiger partial charge is 0.347 e. The summed E-state index contributed by atoms with van der Waals surface area (Å²) in [7, 11) is 3.28. The molecule has 104 valence electrons. The van der Waals surface area contributed by atoms with E-state index in [1.165, 1.54) is 28.8 Å². The predicted octanol–water partition coefficient (Wildman–Crippen LogP) is 1.51. The number of hydrogen-bond donors (Lipinski definition) is 1. The number of carbonyl (C=O) groups is 2. The molecule has 4 nitrogen and oxygen atoms in total. The Morgan fingerprint density at radius 1 is 1.26 bits per heavy atom. The highest BCUT2D eigenvalue weighted by atomic mass is 32.2. The molecular weight excluding hydrogens is 267 g/mol. The van der Waals surface area contributed by atoms with Crippen LogP contribution in [0.15, 0.2) is 29.2 Å². The fourth-order valence-corrected chi connectivity index (χ4v) is 2.06. The Balaban J connectivity index is 2.20. The second-order valence-electron chi connectivity index (χ2n) is 4.12. The van der Waals surface area contributed by atoms with E-state index in [0.29, 0.717) is 12.2 Å². The molecule has 0 aliphatic rings. The maximum Gasteiger partial charge on any atom is 0.241 e. The average Bonchev–Trinajstić information content (AvgIpc) is 2.38. The van der Waals surface area contributed by atoms with Crippen LogP contribution in [0.4, 0.5) is 4.39 Å². The Bertz CT molecular complexity index is 435. The first-order valence-corrected chi connectivity index (χ1v) is 6.83. The topological polar surface area (TPSA) is 49.4 Å². The van der Waals surface area contributed by atoms with Gasteiger partial charge in [0.15, 0.2) is 0 Å². The van der Waals surface area contributed by atoms with E-state index in [4.69, 9.17) is 0 Å². The summed E-state index contributed by atoms with van der Waals surface area (Å²) >= 11 is 1.48. The van der Waals surface area contributed by atoms with E-state index >= 15 is 0 Å². The lowest BCUT2D eigenvalue weighted by Crippen LogP contribution is -2.36. The highest BCUT2D eigenvalue weighted by Crippen LogP contribution is 2.18. The van der Waals surface area contributed by atoms with Gasteiger partial charge in [0.05, 0.1) is 6.54 Å². The molecule has 19 heavy (non-hydrogen) atoms. The molecule has 0 radical (unpaired) electrons. The van der Waals surface area contributed by atoms with E-state index in [0.717, 1.165) is 4.90 Å². The summed E-state index contributed by atoms with van der Waals surface area (Å²) in [6.45, 7) is 0.0209. The summed E-state index contributed by atoms with van der Waals surface area (Å²) in [6, 6.07) is 6.12. The van der Waals surface area contributed by atoms with Crippen molar-refractivity contribution in [3.8, 4) is 0 Å². The maximum absolute atomic E-state index is 12.7. The van der Waals surface area contributed by atoms with Gasteiger partial charge in [0.25, 0.3) is 0 Å². The zero-order valence-corrected chi connectivity index (χ0v) is 11.8. The third-order valence-electron chi connectivity index (χ3n) is 2.35. The van der Waals surface area contributed by atoms with Crippen LogP contribution in [0, 0.1) is 5.82 Å². The van der Waals surface area contributed by atoms with Gasteiger partial charge in [-0.25, -0.2) is 4.39 Å². The van der Waals surface area contributed by atoms with Crippen LogP contribution < -0.4 is 5.32 Å². The quantitative estimate of drug-likeness (QED) is 0.806. The number of carbonyl (C=O) groups excluding carboxylic acids is 2. The molecular formula is C13H17FN2O2S. The molecule has 0 heterocycles. The van der Waals surface area contributed by atoms with Crippen molar-refractivity contribution in [3.05, 3.63) is 30.1 Å². The predicted molar refractivity (Wildman–Crippen MR) is 73.4 cm³/mol. The third kappa shape index (κ3) is 6.24. The fraction of sp³-hybridized carbons (Fsp3) is 0.385. The van der Waals surface area contributed by atoms with Gasteiger partial charge in [-0.1, -0.05) is 0 Å². The molecule has 6 heteroatoms. The number of likely N-dealkylation sites (N-methyl/N-ethyl adjacent to an activating group) is 1. The van der Waals surface area contributed by atoms with Crippen LogP contribution in [0.3, 0.4) is 0 Å². The minimum absolute atomic E-state index is 0.0209. The van der Waals surface area contributed by atoms with Crippen LogP contribution >= 0.6 is 11.8 Å². The normalized spacial score (nSPS) is 10.1. The van der Waals surface area contributed by atoms with E-state index in [2.05, 4.69) is 5.32 Å². The summed E-state index contributed by atoms with van der Waals surface area (Å²) < 4.78 is 12.7. The Labute approximate surface area is 116 Å². The van der Waals surface area contributed by atoms with Gasteiger partial charge < -0.3 is 10.2 Å². The standard InChI is InChI=1S/C13H17FN2O2S/c1-16(2)13(18)9-15-12(17)7-8-19-11-5-3-10(14)4-6-11/h3-6H,7-9H2,1-2H3,(H,15,17). The maximum atomic E-state index is 12.7. The highest BCUT2D eigenvalue weighted by molar-refractivity contribution is 7.99. The number of rotatable bonds is 6. The fourth-order valence-electron chi connectivity index (χ4n) is 1.21. The molecule has 0 bridgehead atoms. The minimum Gasteiger partial charge on any atom is -0.347 e. The molecule has 2 amide bonds. The van der Waals surface area contributed by atoms with Gasteiger partial charge in [-0.2, -0.15) is 0 Å². The number of thioether (sulfide) groups is 1. The lowest BCUT2D eigenvalue weighted by Gasteiger charge is -2.10. The molecule has 1 aromatic carbocycles. The van der Waals surface area contributed by atoms with Gasteiger partial charge in [-0.15, -0.1) is 11.8 Å². The van der Waals surface area contributed by atoms with Crippen LogP contribution in [-0.2, 0) is 9.59 Å². The molecule has 0 aliphatic carbocycles. The lowest BCUT2D eigenvalue weighted by atomic mass is 10.4. The first-order valence-electron chi connectivity index (χ1n) is 5.84. The second-order valence-corrected chi connectivity index (χ2v) is 5.29. The van der Waals surface area contributed by atoms with Gasteiger partial charge in [-0.05, 0) is 24.3 Å². The van der Waals surface area contributed by atoms with Gasteiger partial charge >= 0.3 is 0 Å². The van der Waals surface area contributed by atoms with Crippen molar-refractivity contribution in [1.29, 1.82) is 0 Å². The summed E-state index contributed by atoms with van der Waals surface area (Å²) in [5.74, 6) is 0.0156. The van der Waals surface area contributed by atoms with Gasteiger partial charge in [-0.3, -0.25) is 9.59 Å². The molecule has 0 aromatic heterocycles. The molecule has 0 spiro atoms. The van der Waals surface area contributed by atoms with E-state index < -0.39 is 0 Å². The SMILES string of the molecule is CN(C)C(=O)CNC(=O)CCSc1ccc(F)cc1. The van der Waals surface area contributed by atoms with Crippen LogP contribution in [0.5, 0.6) is 0 Å². The monoisotopic (exact) mass is 284 g/mol. The van der Waals surface area contributed by atoms with Crippen molar-refractivity contribution in [2.75, 3.05) is 26.4 Å². The van der Waals surface area contributed by atoms with Crippen LogP contribution in [-0.4, -0.2) is 43.1 Å². The van der Waals surface area contributed by atoms with E-state index in [1.807, 2.05) is 0 Å². The number of nitrogens with zero attached hydrogens (tertiary/aromatic N) is 1. The molecule has 0 fully saturated rings. The Morgan fingerprint density at radius 3 is 2.47 bits per heavy atom. The molecule has 0 saturated heterocycles. The highest BCUT2D eigenvalue weighted by Gasteiger charge is 2.07. The first-order chi connectivity index (χ1) is 8.99. The Hall–Kier alpha value is -1.56. The van der Waals surface area contributed by atoms with Gasteiger partial charge in [0, 0.05) is 31.2 Å². The smallest absolute Gasteiger partial charge is 0.241 e. The summed E-state index contributed by atoms with van der Waals surface area (Å²) in [5, 5.41) is 2.56. The van der Waals surface area contributed by atoms with Crippen molar-refractivity contribution < 1.29 is 14.0 Å². The van der Waals surface area contributed by atoms with Crippen molar-refractivity contribution in [1.82, 2.24) is 10.2 Å². The number of hydrogen-bond acceptors (Lipinski definition) is 3. The Morgan fingerprint density at radius 2 is 1.89 bits per heavy atom. The number of nitrogens with one attached hydrogen (secondary N) is 1. The van der Waals surface area contributed by atoms with E-state index in [1.54, 1.807) is 26.2 Å². The summed E-state index contributed by atoms with van der Waals surface area (Å²) in [4.78, 5) is 25.0. The van der Waals surface area contributed by atoms with Gasteiger partial charge in [0.1, 0.15) is 5.82 Å². The molecule has 0 unspecified atom stereocenters. The molecule has 1 rings (SSSR count). The van der Waals surface area contributed by atoms with Crippen molar-refractivity contribution in [2.24, 2.45) is 0 Å².